The minimum absolute atomic E-state index is 0.101. The smallest absolute Gasteiger partial charge is 0.213 e. The molecule has 5 nitrogen and oxygen atoms in total. The van der Waals surface area contributed by atoms with E-state index in [4.69, 9.17) is 9.47 Å². The maximum absolute atomic E-state index is 11.9. The highest BCUT2D eigenvalue weighted by atomic mass is 32.2. The van der Waals surface area contributed by atoms with Gasteiger partial charge in [0.1, 0.15) is 12.4 Å². The van der Waals surface area contributed by atoms with Crippen LogP contribution in [0.4, 0.5) is 0 Å². The van der Waals surface area contributed by atoms with E-state index in [2.05, 4.69) is 16.9 Å². The van der Waals surface area contributed by atoms with Crippen molar-refractivity contribution >= 4 is 10.0 Å². The summed E-state index contributed by atoms with van der Waals surface area (Å²) >= 11 is 0. The number of sulfonamides is 1. The summed E-state index contributed by atoms with van der Waals surface area (Å²) in [4.78, 5) is 0. The molecule has 6 heteroatoms. The quantitative estimate of drug-likeness (QED) is 0.626. The van der Waals surface area contributed by atoms with Gasteiger partial charge in [0, 0.05) is 13.7 Å². The molecular formula is C21H29NO4S. The molecule has 0 saturated carbocycles. The zero-order chi connectivity index (χ0) is 19.9. The second-order valence-electron chi connectivity index (χ2n) is 6.83. The Bertz CT molecular complexity index is 799. The molecule has 0 aliphatic carbocycles. The van der Waals surface area contributed by atoms with Crippen LogP contribution >= 0.6 is 0 Å². The number of hydrogen-bond donors (Lipinski definition) is 1. The third kappa shape index (κ3) is 6.34. The van der Waals surface area contributed by atoms with Crippen LogP contribution in [-0.4, -0.2) is 40.5 Å². The van der Waals surface area contributed by atoms with Gasteiger partial charge in [0.05, 0.1) is 11.9 Å². The molecule has 0 bridgehead atoms. The molecule has 2 aromatic carbocycles. The van der Waals surface area contributed by atoms with Gasteiger partial charge in [-0.1, -0.05) is 43.3 Å². The van der Waals surface area contributed by atoms with E-state index in [0.29, 0.717) is 19.8 Å². The van der Waals surface area contributed by atoms with Crippen molar-refractivity contribution in [1.82, 2.24) is 4.72 Å². The Balaban J connectivity index is 1.98. The molecule has 0 radical (unpaired) electrons. The van der Waals surface area contributed by atoms with Crippen LogP contribution in [0.25, 0.3) is 11.1 Å². The molecule has 0 heterocycles. The van der Waals surface area contributed by atoms with Crippen LogP contribution in [0.2, 0.25) is 0 Å². The molecule has 0 fully saturated rings. The van der Waals surface area contributed by atoms with E-state index in [1.165, 1.54) is 0 Å². The van der Waals surface area contributed by atoms with Crippen LogP contribution in [0.5, 0.6) is 5.75 Å². The van der Waals surface area contributed by atoms with Crippen molar-refractivity contribution in [3.63, 3.8) is 0 Å². The van der Waals surface area contributed by atoms with Crippen molar-refractivity contribution in [2.24, 2.45) is 0 Å². The molecule has 27 heavy (non-hydrogen) atoms. The lowest BCUT2D eigenvalue weighted by atomic mass is 9.98. The Kier molecular flexibility index (Phi) is 7.83. The fraction of sp³-hybridized carbons (Fsp3) is 0.429. The van der Waals surface area contributed by atoms with Gasteiger partial charge in [-0.2, -0.15) is 0 Å². The predicted octanol–water partition coefficient (Wildman–Crippen LogP) is 3.81. The highest BCUT2D eigenvalue weighted by molar-refractivity contribution is 7.90. The Labute approximate surface area is 162 Å². The number of methoxy groups -OCH3 is 1. The average Bonchev–Trinajstić information content (AvgIpc) is 2.67. The Morgan fingerprint density at radius 2 is 1.44 bits per heavy atom. The second kappa shape index (κ2) is 9.88. The maximum atomic E-state index is 11.9. The van der Waals surface area contributed by atoms with Crippen molar-refractivity contribution in [1.29, 1.82) is 0 Å². The van der Waals surface area contributed by atoms with Gasteiger partial charge in [0.25, 0.3) is 0 Å². The Morgan fingerprint density at radius 1 is 0.889 bits per heavy atom. The van der Waals surface area contributed by atoms with Gasteiger partial charge in [-0.3, -0.25) is 0 Å². The van der Waals surface area contributed by atoms with Crippen LogP contribution in [0.15, 0.2) is 48.5 Å². The molecule has 0 aliphatic heterocycles. The SMILES string of the molecule is COCCOc1ccc(-c2ccc(C(C)CNS(=O)(=O)C(C)C)cc2)cc1. The first-order chi connectivity index (χ1) is 12.8. The Hall–Kier alpha value is -1.89. The fourth-order valence-electron chi connectivity index (χ4n) is 2.52. The maximum Gasteiger partial charge on any atom is 0.213 e. The average molecular weight is 392 g/mol. The van der Waals surface area contributed by atoms with Crippen molar-refractivity contribution < 1.29 is 17.9 Å². The molecular weight excluding hydrogens is 362 g/mol. The molecule has 2 aromatic rings. The summed E-state index contributed by atoms with van der Waals surface area (Å²) in [5, 5.41) is -0.423. The molecule has 2 rings (SSSR count). The van der Waals surface area contributed by atoms with Gasteiger partial charge < -0.3 is 9.47 Å². The van der Waals surface area contributed by atoms with Gasteiger partial charge in [0.15, 0.2) is 0 Å². The third-order valence-corrected chi connectivity index (χ3v) is 6.25. The Morgan fingerprint density at radius 3 is 1.96 bits per heavy atom. The lowest BCUT2D eigenvalue weighted by Gasteiger charge is -2.15. The van der Waals surface area contributed by atoms with E-state index in [1.807, 2.05) is 43.3 Å². The van der Waals surface area contributed by atoms with Crippen LogP contribution in [0, 0.1) is 0 Å². The van der Waals surface area contributed by atoms with Gasteiger partial charge in [-0.15, -0.1) is 0 Å². The zero-order valence-corrected chi connectivity index (χ0v) is 17.3. The lowest BCUT2D eigenvalue weighted by Crippen LogP contribution is -2.33. The first-order valence-electron chi connectivity index (χ1n) is 9.14. The van der Waals surface area contributed by atoms with Crippen LogP contribution in [0.1, 0.15) is 32.3 Å². The standard InChI is InChI=1S/C21H29NO4S/c1-16(2)27(23,24)22-15-17(3)18-5-7-19(8-6-18)20-9-11-21(12-10-20)26-14-13-25-4/h5-12,16-17,22H,13-15H2,1-4H3. The van der Waals surface area contributed by atoms with Gasteiger partial charge in [-0.05, 0) is 48.6 Å². The molecule has 1 N–H and O–H groups in total. The van der Waals surface area contributed by atoms with E-state index in [9.17, 15) is 8.42 Å². The summed E-state index contributed by atoms with van der Waals surface area (Å²) in [7, 11) is -1.59. The monoisotopic (exact) mass is 391 g/mol. The van der Waals surface area contributed by atoms with Crippen LogP contribution < -0.4 is 9.46 Å². The van der Waals surface area contributed by atoms with Gasteiger partial charge in [0.2, 0.25) is 10.0 Å². The molecule has 1 atom stereocenters. The van der Waals surface area contributed by atoms with E-state index in [-0.39, 0.29) is 5.92 Å². The first kappa shape index (κ1) is 21.4. The largest absolute Gasteiger partial charge is 0.491 e. The first-order valence-corrected chi connectivity index (χ1v) is 10.7. The number of benzene rings is 2. The summed E-state index contributed by atoms with van der Waals surface area (Å²) in [5.41, 5.74) is 3.32. The molecule has 148 valence electrons. The fourth-order valence-corrected chi connectivity index (χ4v) is 3.33. The van der Waals surface area contributed by atoms with Crippen molar-refractivity contribution in [3.05, 3.63) is 54.1 Å². The van der Waals surface area contributed by atoms with Gasteiger partial charge in [-0.25, -0.2) is 13.1 Å². The minimum Gasteiger partial charge on any atom is -0.491 e. The minimum atomic E-state index is -3.23. The lowest BCUT2D eigenvalue weighted by molar-refractivity contribution is 0.146. The summed E-state index contributed by atoms with van der Waals surface area (Å²) in [6.45, 7) is 6.86. The molecule has 0 aromatic heterocycles. The topological polar surface area (TPSA) is 64.6 Å². The number of rotatable bonds is 10. The molecule has 0 spiro atoms. The summed E-state index contributed by atoms with van der Waals surface area (Å²) < 4.78 is 37.0. The van der Waals surface area contributed by atoms with Crippen molar-refractivity contribution in [2.45, 2.75) is 31.9 Å². The zero-order valence-electron chi connectivity index (χ0n) is 16.4. The molecule has 0 saturated heterocycles. The number of hydrogen-bond acceptors (Lipinski definition) is 4. The highest BCUT2D eigenvalue weighted by Gasteiger charge is 2.17. The van der Waals surface area contributed by atoms with Crippen LogP contribution in [0.3, 0.4) is 0 Å². The van der Waals surface area contributed by atoms with Gasteiger partial charge >= 0.3 is 0 Å². The number of nitrogens with one attached hydrogen (secondary N) is 1. The van der Waals surface area contributed by atoms with Crippen molar-refractivity contribution in [3.8, 4) is 16.9 Å². The van der Waals surface area contributed by atoms with E-state index in [0.717, 1.165) is 22.4 Å². The van der Waals surface area contributed by atoms with Crippen LogP contribution in [-0.2, 0) is 14.8 Å². The molecule has 1 unspecified atom stereocenters. The van der Waals surface area contributed by atoms with E-state index in [1.54, 1.807) is 21.0 Å². The molecule has 0 amide bonds. The summed E-state index contributed by atoms with van der Waals surface area (Å²) in [6.07, 6.45) is 0. The summed E-state index contributed by atoms with van der Waals surface area (Å²) in [5.74, 6) is 0.919. The second-order valence-corrected chi connectivity index (χ2v) is 9.15. The predicted molar refractivity (Wildman–Crippen MR) is 110 cm³/mol. The molecule has 0 aliphatic rings. The normalized spacial score (nSPS) is 12.9. The van der Waals surface area contributed by atoms with E-state index >= 15 is 0 Å². The third-order valence-electron chi connectivity index (χ3n) is 4.43. The van der Waals surface area contributed by atoms with Crippen molar-refractivity contribution in [2.75, 3.05) is 26.9 Å². The highest BCUT2D eigenvalue weighted by Crippen LogP contribution is 2.25. The van der Waals surface area contributed by atoms with E-state index < -0.39 is 15.3 Å². The number of ether oxygens (including phenoxy) is 2. The summed E-state index contributed by atoms with van der Waals surface area (Å²) in [6, 6.07) is 16.2.